The Bertz CT molecular complexity index is 1030. The number of allylic oxidation sites excluding steroid dienone is 4. The molecule has 4 rings (SSSR count). The van der Waals surface area contributed by atoms with Crippen molar-refractivity contribution in [3.05, 3.63) is 23.8 Å². The molecule has 3 saturated carbocycles. The number of Topliss-reactive ketones (excluding diaryl/α,β-unsaturated/α-hetero) is 2. The number of aliphatic hydroxyl groups excluding tert-OH is 1. The third kappa shape index (κ3) is 3.29. The Hall–Kier alpha value is -2.15. The molecule has 0 bridgehead atoms. The number of aliphatic hydroxyl groups is 1. The highest BCUT2D eigenvalue weighted by Gasteiger charge is 2.77. The lowest BCUT2D eigenvalue weighted by atomic mass is 9.44. The minimum Gasteiger partial charge on any atom is -0.450 e. The molecule has 4 aliphatic rings. The van der Waals surface area contributed by atoms with Crippen LogP contribution in [0.1, 0.15) is 79.6 Å². The number of rotatable bonds is 6. The summed E-state index contributed by atoms with van der Waals surface area (Å²) in [5, 5.41) is 11.5. The summed E-state index contributed by atoms with van der Waals surface area (Å²) in [6.07, 6.45) is 4.21. The van der Waals surface area contributed by atoms with Gasteiger partial charge >= 0.3 is 5.97 Å². The number of esters is 1. The molecular formula is C28H37FO6. The van der Waals surface area contributed by atoms with Crippen molar-refractivity contribution in [3.63, 3.8) is 0 Å². The maximum Gasteiger partial charge on any atom is 0.306 e. The molecule has 0 aromatic rings. The Kier molecular flexibility index (Phi) is 6.27. The Morgan fingerprint density at radius 2 is 1.86 bits per heavy atom. The van der Waals surface area contributed by atoms with E-state index in [9.17, 15) is 24.3 Å². The zero-order valence-electron chi connectivity index (χ0n) is 21.4. The van der Waals surface area contributed by atoms with Gasteiger partial charge in [-0.3, -0.25) is 19.2 Å². The number of fused-ring (bicyclic) bond motifs is 5. The van der Waals surface area contributed by atoms with Gasteiger partial charge in [-0.25, -0.2) is 4.39 Å². The maximum atomic E-state index is 17.3. The molecule has 0 heterocycles. The number of hydrogen-bond donors (Lipinski definition) is 1. The average molecular weight is 489 g/mol. The number of carbonyl (C=O) groups is 4. The molecule has 4 aliphatic carbocycles. The molecule has 8 atom stereocenters. The molecule has 0 aromatic heterocycles. The molecule has 7 heteroatoms. The van der Waals surface area contributed by atoms with Crippen LogP contribution in [0.4, 0.5) is 4.39 Å². The predicted molar refractivity (Wildman–Crippen MR) is 127 cm³/mol. The van der Waals surface area contributed by atoms with E-state index < -0.39 is 51.8 Å². The minimum absolute atomic E-state index is 0.0638. The normalized spacial score (nSPS) is 44.1. The van der Waals surface area contributed by atoms with E-state index in [1.807, 2.05) is 13.8 Å². The van der Waals surface area contributed by atoms with Crippen LogP contribution in [-0.4, -0.2) is 45.8 Å². The Balaban J connectivity index is 1.84. The lowest BCUT2D eigenvalue weighted by Gasteiger charge is -2.62. The van der Waals surface area contributed by atoms with Crippen LogP contribution in [-0.2, 0) is 23.9 Å². The van der Waals surface area contributed by atoms with Gasteiger partial charge in [0.15, 0.2) is 22.8 Å². The maximum absolute atomic E-state index is 17.3. The van der Waals surface area contributed by atoms with Crippen molar-refractivity contribution >= 4 is 23.3 Å². The number of ketones is 3. The molecule has 0 radical (unpaired) electrons. The topological polar surface area (TPSA) is 97.7 Å². The number of alkyl halides is 1. The van der Waals surface area contributed by atoms with Gasteiger partial charge in [-0.1, -0.05) is 39.3 Å². The number of carbonyl (C=O) groups excluding carboxylic acids is 4. The van der Waals surface area contributed by atoms with Crippen molar-refractivity contribution in [2.45, 2.75) is 96.9 Å². The molecule has 0 amide bonds. The molecule has 35 heavy (non-hydrogen) atoms. The summed E-state index contributed by atoms with van der Waals surface area (Å²) in [6, 6.07) is 0. The van der Waals surface area contributed by atoms with Crippen molar-refractivity contribution in [1.82, 2.24) is 0 Å². The van der Waals surface area contributed by atoms with Crippen molar-refractivity contribution in [3.8, 4) is 0 Å². The Labute approximate surface area is 206 Å². The first-order valence-corrected chi connectivity index (χ1v) is 12.9. The summed E-state index contributed by atoms with van der Waals surface area (Å²) in [6.45, 7) is 8.73. The summed E-state index contributed by atoms with van der Waals surface area (Å²) < 4.78 is 23.3. The largest absolute Gasteiger partial charge is 0.450 e. The van der Waals surface area contributed by atoms with E-state index in [2.05, 4.69) is 0 Å². The van der Waals surface area contributed by atoms with Gasteiger partial charge in [0.2, 0.25) is 0 Å². The SMILES string of the molecule is CCC(=O)CC(=O)[C@@]1(OC(=O)CC)[C@H](C)C[C@H]2[C@@H]3CCC4=CC(=O)C=C[C@]4(C)[C@@]3(F)[C@@H](O)C[C@@]21C. The summed E-state index contributed by atoms with van der Waals surface area (Å²) in [5.74, 6) is -2.80. The zero-order valence-corrected chi connectivity index (χ0v) is 21.4. The van der Waals surface area contributed by atoms with E-state index in [0.29, 0.717) is 24.8 Å². The number of ether oxygens (including phenoxy) is 1. The highest BCUT2D eigenvalue weighted by Crippen LogP contribution is 2.71. The molecule has 0 aliphatic heterocycles. The first-order valence-electron chi connectivity index (χ1n) is 12.9. The van der Waals surface area contributed by atoms with Crippen LogP contribution in [0.15, 0.2) is 23.8 Å². The molecule has 3 fully saturated rings. The van der Waals surface area contributed by atoms with Crippen LogP contribution in [0, 0.1) is 28.6 Å². The standard InChI is InChI=1S/C28H37FO6/c1-6-18(30)14-22(32)28(35-24(34)7-2)16(3)12-21-20-9-8-17-13-19(31)10-11-25(17,4)27(20,29)23(33)15-26(21,28)5/h10-11,13,16,20-21,23,33H,6-9,12,14-15H2,1-5H3/t16-,20+,21+,23+,25+,26+,27+,28+/m1/s1. The van der Waals surface area contributed by atoms with Gasteiger partial charge in [0.1, 0.15) is 5.78 Å². The van der Waals surface area contributed by atoms with E-state index in [0.717, 1.165) is 0 Å². The zero-order chi connectivity index (χ0) is 26.0. The summed E-state index contributed by atoms with van der Waals surface area (Å²) in [5.41, 5.74) is -5.13. The molecule has 0 aromatic carbocycles. The molecule has 6 nitrogen and oxygen atoms in total. The van der Waals surface area contributed by atoms with E-state index in [1.165, 1.54) is 12.2 Å². The molecular weight excluding hydrogens is 451 g/mol. The lowest BCUT2D eigenvalue weighted by Crippen LogP contribution is -2.70. The molecule has 0 saturated heterocycles. The Morgan fingerprint density at radius 1 is 1.17 bits per heavy atom. The highest BCUT2D eigenvalue weighted by molar-refractivity contribution is 6.04. The Morgan fingerprint density at radius 3 is 2.49 bits per heavy atom. The van der Waals surface area contributed by atoms with Crippen LogP contribution in [0.25, 0.3) is 0 Å². The fraction of sp³-hybridized carbons (Fsp3) is 0.714. The van der Waals surface area contributed by atoms with E-state index in [1.54, 1.807) is 26.8 Å². The number of halogens is 1. The fourth-order valence-electron chi connectivity index (χ4n) is 8.09. The van der Waals surface area contributed by atoms with Crippen molar-refractivity contribution in [2.75, 3.05) is 0 Å². The first kappa shape index (κ1) is 25.9. The van der Waals surface area contributed by atoms with E-state index in [-0.39, 0.29) is 43.2 Å². The van der Waals surface area contributed by atoms with Crippen LogP contribution in [0.5, 0.6) is 0 Å². The summed E-state index contributed by atoms with van der Waals surface area (Å²) in [7, 11) is 0. The third-order valence-corrected chi connectivity index (χ3v) is 9.91. The first-order chi connectivity index (χ1) is 16.3. The smallest absolute Gasteiger partial charge is 0.306 e. The van der Waals surface area contributed by atoms with Gasteiger partial charge in [-0.05, 0) is 50.7 Å². The lowest BCUT2D eigenvalue weighted by molar-refractivity contribution is -0.227. The molecule has 0 spiro atoms. The van der Waals surface area contributed by atoms with Crippen molar-refractivity contribution in [1.29, 1.82) is 0 Å². The van der Waals surface area contributed by atoms with E-state index in [4.69, 9.17) is 4.74 Å². The van der Waals surface area contributed by atoms with Crippen LogP contribution in [0.2, 0.25) is 0 Å². The van der Waals surface area contributed by atoms with E-state index >= 15 is 4.39 Å². The van der Waals surface area contributed by atoms with Gasteiger partial charge in [0, 0.05) is 35.5 Å². The van der Waals surface area contributed by atoms with Crippen LogP contribution in [0.3, 0.4) is 0 Å². The second kappa shape index (κ2) is 8.46. The van der Waals surface area contributed by atoms with Gasteiger partial charge in [0.05, 0.1) is 12.5 Å². The summed E-state index contributed by atoms with van der Waals surface area (Å²) >= 11 is 0. The van der Waals surface area contributed by atoms with Gasteiger partial charge in [-0.2, -0.15) is 0 Å². The van der Waals surface area contributed by atoms with Gasteiger partial charge < -0.3 is 9.84 Å². The molecule has 192 valence electrons. The van der Waals surface area contributed by atoms with Gasteiger partial charge in [0.25, 0.3) is 0 Å². The highest BCUT2D eigenvalue weighted by atomic mass is 19.1. The van der Waals surface area contributed by atoms with Crippen molar-refractivity contribution < 1.29 is 33.4 Å². The van der Waals surface area contributed by atoms with Crippen LogP contribution >= 0.6 is 0 Å². The van der Waals surface area contributed by atoms with Crippen LogP contribution < -0.4 is 0 Å². The third-order valence-electron chi connectivity index (χ3n) is 9.91. The average Bonchev–Trinajstić information content (AvgIpc) is 3.02. The predicted octanol–water partition coefficient (Wildman–Crippen LogP) is 4.23. The van der Waals surface area contributed by atoms with Gasteiger partial charge in [-0.15, -0.1) is 0 Å². The van der Waals surface area contributed by atoms with Crippen molar-refractivity contribution in [2.24, 2.45) is 28.6 Å². The minimum atomic E-state index is -2.04. The second-order valence-corrected chi connectivity index (χ2v) is 11.5. The summed E-state index contributed by atoms with van der Waals surface area (Å²) in [4.78, 5) is 50.8. The number of hydrogen-bond acceptors (Lipinski definition) is 6. The quantitative estimate of drug-likeness (QED) is 0.444. The molecule has 0 unspecified atom stereocenters. The fourth-order valence-corrected chi connectivity index (χ4v) is 8.09. The monoisotopic (exact) mass is 488 g/mol. The molecule has 1 N–H and O–H groups in total. The second-order valence-electron chi connectivity index (χ2n) is 11.5.